The number of nitrogens with one attached hydrogen (secondary N) is 1. The standard InChI is InChI=1S/C15H15ClFN3O2/c16-12-2-1-3-13(17)14(12)15(21)19-10-8-18-20(9-10)11-4-6-22-7-5-11/h1-3,8-9,11H,4-7H2,(H,19,21). The van der Waals surface area contributed by atoms with E-state index in [0.717, 1.165) is 12.8 Å². The molecule has 1 aromatic heterocycles. The highest BCUT2D eigenvalue weighted by molar-refractivity contribution is 6.34. The van der Waals surface area contributed by atoms with Crippen LogP contribution in [0.15, 0.2) is 30.6 Å². The van der Waals surface area contributed by atoms with E-state index >= 15 is 0 Å². The maximum Gasteiger partial charge on any atom is 0.260 e. The summed E-state index contributed by atoms with van der Waals surface area (Å²) in [5.41, 5.74) is 0.346. The van der Waals surface area contributed by atoms with Crippen LogP contribution >= 0.6 is 11.6 Å². The first-order valence-electron chi connectivity index (χ1n) is 7.02. The van der Waals surface area contributed by atoms with E-state index in [1.807, 2.05) is 0 Å². The monoisotopic (exact) mass is 323 g/mol. The zero-order chi connectivity index (χ0) is 15.5. The molecular weight excluding hydrogens is 309 g/mol. The third-order valence-electron chi connectivity index (χ3n) is 3.61. The first kappa shape index (κ1) is 15.0. The van der Waals surface area contributed by atoms with Gasteiger partial charge in [-0.2, -0.15) is 5.10 Å². The lowest BCUT2D eigenvalue weighted by Gasteiger charge is -2.22. The molecule has 2 aromatic rings. The highest BCUT2D eigenvalue weighted by Gasteiger charge is 2.19. The smallest absolute Gasteiger partial charge is 0.260 e. The third-order valence-corrected chi connectivity index (χ3v) is 3.93. The number of amides is 1. The zero-order valence-electron chi connectivity index (χ0n) is 11.8. The van der Waals surface area contributed by atoms with E-state index in [1.54, 1.807) is 17.1 Å². The van der Waals surface area contributed by atoms with Crippen molar-refractivity contribution in [1.29, 1.82) is 0 Å². The molecule has 0 unspecified atom stereocenters. The molecule has 1 aliphatic rings. The van der Waals surface area contributed by atoms with E-state index in [1.165, 1.54) is 18.2 Å². The normalized spacial score (nSPS) is 15.7. The Morgan fingerprint density at radius 3 is 2.91 bits per heavy atom. The molecule has 1 aromatic carbocycles. The first-order valence-corrected chi connectivity index (χ1v) is 7.40. The van der Waals surface area contributed by atoms with Gasteiger partial charge in [0.25, 0.3) is 5.91 Å². The molecule has 0 aliphatic carbocycles. The largest absolute Gasteiger partial charge is 0.381 e. The molecule has 5 nitrogen and oxygen atoms in total. The van der Waals surface area contributed by atoms with Crippen molar-refractivity contribution in [2.75, 3.05) is 18.5 Å². The number of hydrogen-bond donors (Lipinski definition) is 1. The van der Waals surface area contributed by atoms with Crippen LogP contribution in [-0.4, -0.2) is 28.9 Å². The number of rotatable bonds is 3. The van der Waals surface area contributed by atoms with E-state index < -0.39 is 11.7 Å². The van der Waals surface area contributed by atoms with Crippen molar-refractivity contribution >= 4 is 23.2 Å². The predicted molar refractivity (Wildman–Crippen MR) is 80.7 cm³/mol. The highest BCUT2D eigenvalue weighted by Crippen LogP contribution is 2.23. The minimum atomic E-state index is -0.651. The van der Waals surface area contributed by atoms with Gasteiger partial charge in [0.15, 0.2) is 0 Å². The van der Waals surface area contributed by atoms with Gasteiger partial charge in [-0.05, 0) is 25.0 Å². The van der Waals surface area contributed by atoms with Crippen molar-refractivity contribution in [3.8, 4) is 0 Å². The summed E-state index contributed by atoms with van der Waals surface area (Å²) in [5, 5.41) is 6.95. The second-order valence-electron chi connectivity index (χ2n) is 5.10. The molecule has 116 valence electrons. The number of benzene rings is 1. The van der Waals surface area contributed by atoms with Crippen LogP contribution in [0.1, 0.15) is 29.2 Å². The van der Waals surface area contributed by atoms with Crippen LogP contribution in [0.25, 0.3) is 0 Å². The maximum atomic E-state index is 13.7. The molecule has 0 spiro atoms. The lowest BCUT2D eigenvalue weighted by atomic mass is 10.1. The molecule has 0 radical (unpaired) electrons. The van der Waals surface area contributed by atoms with Gasteiger partial charge in [-0.3, -0.25) is 9.48 Å². The van der Waals surface area contributed by atoms with E-state index in [9.17, 15) is 9.18 Å². The fraction of sp³-hybridized carbons (Fsp3) is 0.333. The Kier molecular flexibility index (Phi) is 4.40. The molecule has 0 saturated carbocycles. The Labute approximate surface area is 132 Å². The average Bonchev–Trinajstić information content (AvgIpc) is 2.96. The molecule has 3 rings (SSSR count). The number of aromatic nitrogens is 2. The number of halogens is 2. The van der Waals surface area contributed by atoms with Crippen molar-refractivity contribution < 1.29 is 13.9 Å². The van der Waals surface area contributed by atoms with Crippen molar-refractivity contribution in [1.82, 2.24) is 9.78 Å². The van der Waals surface area contributed by atoms with Gasteiger partial charge in [0.2, 0.25) is 0 Å². The first-order chi connectivity index (χ1) is 10.6. The molecule has 1 saturated heterocycles. The highest BCUT2D eigenvalue weighted by atomic mass is 35.5. The van der Waals surface area contributed by atoms with Gasteiger partial charge in [0, 0.05) is 19.4 Å². The number of carbonyl (C=O) groups is 1. The van der Waals surface area contributed by atoms with Crippen molar-refractivity contribution in [2.24, 2.45) is 0 Å². The second-order valence-corrected chi connectivity index (χ2v) is 5.51. The molecule has 0 atom stereocenters. The Morgan fingerprint density at radius 1 is 1.41 bits per heavy atom. The molecule has 1 fully saturated rings. The fourth-order valence-electron chi connectivity index (χ4n) is 2.46. The number of hydrogen-bond acceptors (Lipinski definition) is 3. The van der Waals surface area contributed by atoms with Crippen molar-refractivity contribution in [3.63, 3.8) is 0 Å². The Bertz CT molecular complexity index is 663. The van der Waals surface area contributed by atoms with Gasteiger partial charge < -0.3 is 10.1 Å². The summed E-state index contributed by atoms with van der Waals surface area (Å²) in [5.74, 6) is -1.24. The maximum absolute atomic E-state index is 13.7. The minimum Gasteiger partial charge on any atom is -0.381 e. The molecule has 1 amide bonds. The molecular formula is C15H15ClFN3O2. The van der Waals surface area contributed by atoms with Gasteiger partial charge >= 0.3 is 0 Å². The average molecular weight is 324 g/mol. The Hall–Kier alpha value is -1.92. The third kappa shape index (κ3) is 3.13. The lowest BCUT2D eigenvalue weighted by molar-refractivity contribution is 0.0662. The molecule has 22 heavy (non-hydrogen) atoms. The summed E-state index contributed by atoms with van der Waals surface area (Å²) in [6.45, 7) is 1.41. The van der Waals surface area contributed by atoms with E-state index in [4.69, 9.17) is 16.3 Å². The summed E-state index contributed by atoms with van der Waals surface area (Å²) in [6, 6.07) is 4.39. The number of carbonyl (C=O) groups excluding carboxylic acids is 1. The van der Waals surface area contributed by atoms with Crippen LogP contribution in [0.2, 0.25) is 5.02 Å². The number of anilines is 1. The van der Waals surface area contributed by atoms with Crippen LogP contribution in [0.4, 0.5) is 10.1 Å². The molecule has 0 bridgehead atoms. The van der Waals surface area contributed by atoms with Crippen LogP contribution in [0, 0.1) is 5.82 Å². The van der Waals surface area contributed by atoms with Crippen LogP contribution in [0.3, 0.4) is 0 Å². The Morgan fingerprint density at radius 2 is 2.18 bits per heavy atom. The van der Waals surface area contributed by atoms with Crippen LogP contribution < -0.4 is 5.32 Å². The minimum absolute atomic E-state index is 0.0781. The van der Waals surface area contributed by atoms with Gasteiger partial charge in [-0.1, -0.05) is 17.7 Å². The topological polar surface area (TPSA) is 56.2 Å². The molecule has 1 N–H and O–H groups in total. The SMILES string of the molecule is O=C(Nc1cnn(C2CCOCC2)c1)c1c(F)cccc1Cl. The summed E-state index contributed by atoms with van der Waals surface area (Å²) in [7, 11) is 0. The van der Waals surface area contributed by atoms with Crippen molar-refractivity contribution in [3.05, 3.63) is 47.0 Å². The van der Waals surface area contributed by atoms with Gasteiger partial charge in [0.1, 0.15) is 5.82 Å². The number of nitrogens with zero attached hydrogens (tertiary/aromatic N) is 2. The van der Waals surface area contributed by atoms with E-state index in [0.29, 0.717) is 18.9 Å². The van der Waals surface area contributed by atoms with Crippen molar-refractivity contribution in [2.45, 2.75) is 18.9 Å². The van der Waals surface area contributed by atoms with Crippen LogP contribution in [-0.2, 0) is 4.74 Å². The summed E-state index contributed by atoms with van der Waals surface area (Å²) >= 11 is 5.88. The summed E-state index contributed by atoms with van der Waals surface area (Å²) < 4.78 is 20.8. The molecule has 2 heterocycles. The molecule has 7 heteroatoms. The predicted octanol–water partition coefficient (Wildman–Crippen LogP) is 3.28. The Balaban J connectivity index is 1.73. The number of ether oxygens (including phenoxy) is 1. The lowest BCUT2D eigenvalue weighted by Crippen LogP contribution is -2.20. The van der Waals surface area contributed by atoms with Gasteiger partial charge in [-0.15, -0.1) is 0 Å². The molecule has 1 aliphatic heterocycles. The fourth-order valence-corrected chi connectivity index (χ4v) is 2.71. The summed E-state index contributed by atoms with van der Waals surface area (Å²) in [6.07, 6.45) is 5.05. The summed E-state index contributed by atoms with van der Waals surface area (Å²) in [4.78, 5) is 12.1. The second kappa shape index (κ2) is 6.46. The quantitative estimate of drug-likeness (QED) is 0.943. The van der Waals surface area contributed by atoms with Crippen LogP contribution in [0.5, 0.6) is 0 Å². The van der Waals surface area contributed by atoms with Gasteiger partial charge in [0.05, 0.1) is 28.5 Å². The van der Waals surface area contributed by atoms with Gasteiger partial charge in [-0.25, -0.2) is 4.39 Å². The van der Waals surface area contributed by atoms with E-state index in [2.05, 4.69) is 10.4 Å². The zero-order valence-corrected chi connectivity index (χ0v) is 12.5. The van der Waals surface area contributed by atoms with E-state index in [-0.39, 0.29) is 16.6 Å².